The third-order valence-electron chi connectivity index (χ3n) is 4.12. The minimum Gasteiger partial charge on any atom is -0.354 e. The molecular weight excluding hydrogens is 288 g/mol. The molecule has 1 aromatic rings. The number of piperazine rings is 1. The molecule has 0 spiro atoms. The van der Waals surface area contributed by atoms with E-state index < -0.39 is 10.0 Å². The van der Waals surface area contributed by atoms with Gasteiger partial charge in [-0.15, -0.1) is 0 Å². The van der Waals surface area contributed by atoms with Crippen LogP contribution in [-0.4, -0.2) is 55.1 Å². The lowest BCUT2D eigenvalue weighted by Crippen LogP contribution is -2.48. The minimum absolute atomic E-state index is 0.531. The Kier molecular flexibility index (Phi) is 3.88. The second-order valence-corrected chi connectivity index (χ2v) is 7.84. The Morgan fingerprint density at radius 3 is 2.38 bits per heavy atom. The van der Waals surface area contributed by atoms with Crippen LogP contribution in [0, 0.1) is 0 Å². The van der Waals surface area contributed by atoms with E-state index in [1.807, 2.05) is 6.07 Å². The topological polar surface area (TPSA) is 66.4 Å². The summed E-state index contributed by atoms with van der Waals surface area (Å²) in [6, 6.07) is 2.04. The van der Waals surface area contributed by atoms with Gasteiger partial charge in [0.25, 0.3) is 0 Å². The number of hydrogen-bond acceptors (Lipinski definition) is 5. The fourth-order valence-corrected chi connectivity index (χ4v) is 3.45. The van der Waals surface area contributed by atoms with Crippen LogP contribution in [0.25, 0.3) is 0 Å². The normalized spacial score (nSPS) is 20.8. The van der Waals surface area contributed by atoms with E-state index in [0.29, 0.717) is 32.1 Å². The average molecular weight is 310 g/mol. The molecule has 21 heavy (non-hydrogen) atoms. The third-order valence-corrected chi connectivity index (χ3v) is 5.42. The molecule has 0 aromatic carbocycles. The van der Waals surface area contributed by atoms with E-state index in [0.717, 1.165) is 23.8 Å². The molecule has 0 bridgehead atoms. The Balaban J connectivity index is 1.77. The molecule has 0 amide bonds. The molecule has 1 aromatic heterocycles. The molecule has 0 unspecified atom stereocenters. The number of aromatic nitrogens is 2. The fourth-order valence-electron chi connectivity index (χ4n) is 2.62. The molecule has 2 fully saturated rings. The van der Waals surface area contributed by atoms with Crippen molar-refractivity contribution < 1.29 is 8.42 Å². The van der Waals surface area contributed by atoms with E-state index in [1.165, 1.54) is 23.4 Å². The van der Waals surface area contributed by atoms with Gasteiger partial charge in [0.1, 0.15) is 11.6 Å². The Hall–Kier alpha value is -1.21. The number of nitrogens with zero attached hydrogens (tertiary/aromatic N) is 4. The summed E-state index contributed by atoms with van der Waals surface area (Å²) in [5.74, 6) is 2.46. The summed E-state index contributed by atoms with van der Waals surface area (Å²) in [6.45, 7) is 4.55. The van der Waals surface area contributed by atoms with Crippen molar-refractivity contribution in [3.05, 3.63) is 17.6 Å². The highest BCUT2D eigenvalue weighted by Gasteiger charge is 2.29. The van der Waals surface area contributed by atoms with Gasteiger partial charge in [0.15, 0.2) is 0 Å². The zero-order valence-corrected chi connectivity index (χ0v) is 13.4. The highest BCUT2D eigenvalue weighted by atomic mass is 32.2. The number of sulfonamides is 1. The van der Waals surface area contributed by atoms with Crippen molar-refractivity contribution >= 4 is 15.8 Å². The van der Waals surface area contributed by atoms with Crippen LogP contribution < -0.4 is 4.90 Å². The van der Waals surface area contributed by atoms with Crippen LogP contribution >= 0.6 is 0 Å². The van der Waals surface area contributed by atoms with E-state index in [9.17, 15) is 8.42 Å². The van der Waals surface area contributed by atoms with Gasteiger partial charge in [0.2, 0.25) is 10.0 Å². The van der Waals surface area contributed by atoms with Crippen molar-refractivity contribution in [2.45, 2.75) is 32.1 Å². The molecule has 2 heterocycles. The molecule has 0 atom stereocenters. The highest BCUT2D eigenvalue weighted by Crippen LogP contribution is 2.38. The number of anilines is 1. The highest BCUT2D eigenvalue weighted by molar-refractivity contribution is 7.88. The molecule has 1 aliphatic carbocycles. The maximum absolute atomic E-state index is 11.6. The number of aryl methyl sites for hydroxylation is 1. The van der Waals surface area contributed by atoms with Crippen molar-refractivity contribution in [1.29, 1.82) is 0 Å². The van der Waals surface area contributed by atoms with Gasteiger partial charge in [-0.2, -0.15) is 4.31 Å². The van der Waals surface area contributed by atoms with Gasteiger partial charge in [-0.05, 0) is 19.3 Å². The van der Waals surface area contributed by atoms with Crippen LogP contribution in [0.4, 0.5) is 5.82 Å². The summed E-state index contributed by atoms with van der Waals surface area (Å²) in [6.07, 6.45) is 4.55. The lowest BCUT2D eigenvalue weighted by Gasteiger charge is -2.34. The Morgan fingerprint density at radius 2 is 1.86 bits per heavy atom. The Morgan fingerprint density at radius 1 is 1.19 bits per heavy atom. The zero-order valence-electron chi connectivity index (χ0n) is 12.6. The zero-order chi connectivity index (χ0) is 15.0. The molecule has 1 saturated heterocycles. The lowest BCUT2D eigenvalue weighted by molar-refractivity contribution is 0.386. The predicted octanol–water partition coefficient (Wildman–Crippen LogP) is 0.998. The van der Waals surface area contributed by atoms with Crippen LogP contribution in [0.15, 0.2) is 6.07 Å². The molecule has 116 valence electrons. The van der Waals surface area contributed by atoms with Gasteiger partial charge >= 0.3 is 0 Å². The van der Waals surface area contributed by atoms with E-state index in [-0.39, 0.29) is 0 Å². The monoisotopic (exact) mass is 310 g/mol. The summed E-state index contributed by atoms with van der Waals surface area (Å²) in [5, 5.41) is 0. The summed E-state index contributed by atoms with van der Waals surface area (Å²) in [5.41, 5.74) is 1.08. The molecule has 1 aliphatic heterocycles. The van der Waals surface area contributed by atoms with Crippen molar-refractivity contribution in [1.82, 2.24) is 14.3 Å². The second-order valence-electron chi connectivity index (χ2n) is 5.85. The first-order valence-corrected chi connectivity index (χ1v) is 9.40. The van der Waals surface area contributed by atoms with Crippen LogP contribution in [0.5, 0.6) is 0 Å². The number of hydrogen-bond donors (Lipinski definition) is 0. The maximum Gasteiger partial charge on any atom is 0.211 e. The first-order valence-electron chi connectivity index (χ1n) is 7.55. The smallest absolute Gasteiger partial charge is 0.211 e. The van der Waals surface area contributed by atoms with Gasteiger partial charge in [-0.1, -0.05) is 6.92 Å². The average Bonchev–Trinajstić information content (AvgIpc) is 3.30. The second kappa shape index (κ2) is 5.53. The van der Waals surface area contributed by atoms with E-state index in [2.05, 4.69) is 16.8 Å². The SMILES string of the molecule is CCc1cc(N2CCN(S(C)(=O)=O)CC2)nc(C2CC2)n1. The van der Waals surface area contributed by atoms with E-state index >= 15 is 0 Å². The molecule has 2 aliphatic rings. The Bertz CT molecular complexity index is 620. The summed E-state index contributed by atoms with van der Waals surface area (Å²) < 4.78 is 24.7. The lowest BCUT2D eigenvalue weighted by atomic mass is 10.2. The molecule has 3 rings (SSSR count). The van der Waals surface area contributed by atoms with E-state index in [1.54, 1.807) is 0 Å². The van der Waals surface area contributed by atoms with Crippen LogP contribution in [-0.2, 0) is 16.4 Å². The molecular formula is C14H22N4O2S. The van der Waals surface area contributed by atoms with Crippen molar-refractivity contribution in [3.63, 3.8) is 0 Å². The van der Waals surface area contributed by atoms with Crippen molar-refractivity contribution in [3.8, 4) is 0 Å². The Labute approximate surface area is 126 Å². The molecule has 0 N–H and O–H groups in total. The predicted molar refractivity (Wildman–Crippen MR) is 82.0 cm³/mol. The van der Waals surface area contributed by atoms with Gasteiger partial charge in [0, 0.05) is 43.9 Å². The van der Waals surface area contributed by atoms with Crippen LogP contribution in [0.2, 0.25) is 0 Å². The van der Waals surface area contributed by atoms with Gasteiger partial charge in [-0.25, -0.2) is 18.4 Å². The van der Waals surface area contributed by atoms with Gasteiger partial charge in [0.05, 0.1) is 6.26 Å². The van der Waals surface area contributed by atoms with Crippen molar-refractivity contribution in [2.75, 3.05) is 37.3 Å². The molecule has 6 nitrogen and oxygen atoms in total. The fraction of sp³-hybridized carbons (Fsp3) is 0.714. The summed E-state index contributed by atoms with van der Waals surface area (Å²) in [4.78, 5) is 11.5. The maximum atomic E-state index is 11.6. The molecule has 7 heteroatoms. The largest absolute Gasteiger partial charge is 0.354 e. The molecule has 1 saturated carbocycles. The quantitative estimate of drug-likeness (QED) is 0.830. The third kappa shape index (κ3) is 3.35. The molecule has 0 radical (unpaired) electrons. The van der Waals surface area contributed by atoms with Crippen molar-refractivity contribution in [2.24, 2.45) is 0 Å². The van der Waals surface area contributed by atoms with Gasteiger partial charge in [-0.3, -0.25) is 0 Å². The summed E-state index contributed by atoms with van der Waals surface area (Å²) >= 11 is 0. The number of rotatable bonds is 4. The van der Waals surface area contributed by atoms with Crippen LogP contribution in [0.3, 0.4) is 0 Å². The first kappa shape index (κ1) is 14.7. The summed E-state index contributed by atoms with van der Waals surface area (Å²) in [7, 11) is -3.08. The standard InChI is InChI=1S/C14H22N4O2S/c1-3-12-10-13(16-14(15-12)11-4-5-11)17-6-8-18(9-7-17)21(2,19)20/h10-11H,3-9H2,1-2H3. The van der Waals surface area contributed by atoms with Crippen LogP contribution in [0.1, 0.15) is 37.2 Å². The van der Waals surface area contributed by atoms with Gasteiger partial charge < -0.3 is 4.90 Å². The first-order chi connectivity index (χ1) is 9.97. The van der Waals surface area contributed by atoms with E-state index in [4.69, 9.17) is 4.98 Å². The minimum atomic E-state index is -3.08.